The number of nitrogen functional groups attached to an aromatic ring is 1. The van der Waals surface area contributed by atoms with Gasteiger partial charge in [0.1, 0.15) is 5.69 Å². The topological polar surface area (TPSA) is 64.1 Å². The van der Waals surface area contributed by atoms with Crippen LogP contribution in [0.4, 0.5) is 10.2 Å². The zero-order chi connectivity index (χ0) is 11.2. The molecule has 3 N–H and O–H groups in total. The second-order valence-corrected chi connectivity index (χ2v) is 4.52. The van der Waals surface area contributed by atoms with Crippen molar-refractivity contribution in [1.82, 2.24) is 9.78 Å². The number of nitrogens with two attached hydrogens (primary N) is 1. The summed E-state index contributed by atoms with van der Waals surface area (Å²) in [4.78, 5) is 0. The minimum Gasteiger partial charge on any atom is -0.394 e. The lowest BCUT2D eigenvalue weighted by Gasteiger charge is -2.04. The van der Waals surface area contributed by atoms with E-state index in [1.54, 1.807) is 0 Å². The van der Waals surface area contributed by atoms with Gasteiger partial charge in [0.25, 0.3) is 0 Å². The van der Waals surface area contributed by atoms with Crippen LogP contribution in [0.2, 0.25) is 0 Å². The van der Waals surface area contributed by atoms with Gasteiger partial charge >= 0.3 is 0 Å². The predicted octanol–water partition coefficient (Wildman–Crippen LogP) is 0.894. The SMILES string of the molecule is CC1CC1(C)c1nn(CCO)c(N)c1F. The van der Waals surface area contributed by atoms with Crippen LogP contribution in [0.1, 0.15) is 26.0 Å². The molecule has 4 nitrogen and oxygen atoms in total. The lowest BCUT2D eigenvalue weighted by Crippen LogP contribution is -2.09. The Morgan fingerprint density at radius 1 is 1.73 bits per heavy atom. The summed E-state index contributed by atoms with van der Waals surface area (Å²) in [5.74, 6) is 0.0542. The first-order chi connectivity index (χ1) is 7.00. The van der Waals surface area contributed by atoms with Gasteiger partial charge < -0.3 is 10.8 Å². The zero-order valence-electron chi connectivity index (χ0n) is 9.00. The summed E-state index contributed by atoms with van der Waals surface area (Å²) in [7, 11) is 0. The Morgan fingerprint density at radius 2 is 2.33 bits per heavy atom. The highest BCUT2D eigenvalue weighted by molar-refractivity contribution is 5.39. The Hall–Kier alpha value is -1.10. The van der Waals surface area contributed by atoms with Gasteiger partial charge in [-0.25, -0.2) is 9.07 Å². The Labute approximate surface area is 87.9 Å². The largest absolute Gasteiger partial charge is 0.394 e. The molecular formula is C10H16FN3O. The molecule has 0 aromatic carbocycles. The van der Waals surface area contributed by atoms with Crippen LogP contribution in [0.15, 0.2) is 0 Å². The van der Waals surface area contributed by atoms with E-state index < -0.39 is 5.82 Å². The number of anilines is 1. The molecule has 1 aromatic rings. The molecule has 5 heteroatoms. The van der Waals surface area contributed by atoms with Crippen LogP contribution < -0.4 is 5.73 Å². The summed E-state index contributed by atoms with van der Waals surface area (Å²) in [5.41, 5.74) is 5.85. The van der Waals surface area contributed by atoms with Crippen molar-refractivity contribution in [3.05, 3.63) is 11.5 Å². The number of aromatic nitrogens is 2. The Kier molecular flexibility index (Phi) is 2.22. The molecule has 1 saturated carbocycles. The molecule has 2 unspecified atom stereocenters. The van der Waals surface area contributed by atoms with Gasteiger partial charge in [-0.2, -0.15) is 5.10 Å². The first-order valence-corrected chi connectivity index (χ1v) is 5.14. The monoisotopic (exact) mass is 213 g/mol. The maximum absolute atomic E-state index is 13.8. The Balaban J connectivity index is 2.37. The molecular weight excluding hydrogens is 197 g/mol. The third-order valence-corrected chi connectivity index (χ3v) is 3.44. The van der Waals surface area contributed by atoms with E-state index in [0.717, 1.165) is 6.42 Å². The second-order valence-electron chi connectivity index (χ2n) is 4.52. The van der Waals surface area contributed by atoms with Crippen LogP contribution >= 0.6 is 0 Å². The number of aliphatic hydroxyl groups excluding tert-OH is 1. The van der Waals surface area contributed by atoms with Crippen molar-refractivity contribution in [2.45, 2.75) is 32.2 Å². The first kappa shape index (κ1) is 10.4. The van der Waals surface area contributed by atoms with Gasteiger partial charge in [-0.05, 0) is 12.3 Å². The molecule has 0 bridgehead atoms. The molecule has 1 aliphatic carbocycles. The smallest absolute Gasteiger partial charge is 0.188 e. The average Bonchev–Trinajstić information content (AvgIpc) is 2.69. The summed E-state index contributed by atoms with van der Waals surface area (Å²) in [6.07, 6.45) is 0.944. The first-order valence-electron chi connectivity index (χ1n) is 5.14. The van der Waals surface area contributed by atoms with E-state index in [-0.39, 0.29) is 24.4 Å². The van der Waals surface area contributed by atoms with Crippen molar-refractivity contribution in [3.63, 3.8) is 0 Å². The van der Waals surface area contributed by atoms with Crippen LogP contribution in [0.5, 0.6) is 0 Å². The molecule has 84 valence electrons. The molecule has 2 atom stereocenters. The molecule has 1 heterocycles. The van der Waals surface area contributed by atoms with E-state index in [2.05, 4.69) is 12.0 Å². The average molecular weight is 213 g/mol. The summed E-state index contributed by atoms with van der Waals surface area (Å²) < 4.78 is 15.1. The molecule has 1 fully saturated rings. The van der Waals surface area contributed by atoms with E-state index in [9.17, 15) is 4.39 Å². The molecule has 1 aromatic heterocycles. The number of hydrogen-bond donors (Lipinski definition) is 2. The lowest BCUT2D eigenvalue weighted by atomic mass is 10.0. The number of halogens is 1. The molecule has 0 amide bonds. The number of hydrogen-bond acceptors (Lipinski definition) is 3. The van der Waals surface area contributed by atoms with E-state index in [1.807, 2.05) is 6.92 Å². The third kappa shape index (κ3) is 1.42. The van der Waals surface area contributed by atoms with Gasteiger partial charge in [-0.1, -0.05) is 13.8 Å². The highest BCUT2D eigenvalue weighted by atomic mass is 19.1. The normalized spacial score (nSPS) is 29.5. The van der Waals surface area contributed by atoms with E-state index in [1.165, 1.54) is 4.68 Å². The Morgan fingerprint density at radius 3 is 2.80 bits per heavy atom. The number of rotatable bonds is 3. The van der Waals surface area contributed by atoms with Gasteiger partial charge in [-0.15, -0.1) is 0 Å². The molecule has 1 aliphatic rings. The zero-order valence-corrected chi connectivity index (χ0v) is 9.00. The standard InChI is InChI=1S/C10H16FN3O/c1-6-5-10(6,2)8-7(11)9(12)14(13-8)3-4-15/h6,15H,3-5,12H2,1-2H3. The molecule has 0 aliphatic heterocycles. The van der Waals surface area contributed by atoms with Gasteiger partial charge in [0.05, 0.1) is 13.2 Å². The van der Waals surface area contributed by atoms with Crippen molar-refractivity contribution >= 4 is 5.82 Å². The summed E-state index contributed by atoms with van der Waals surface area (Å²) >= 11 is 0. The summed E-state index contributed by atoms with van der Waals surface area (Å²) in [6, 6.07) is 0. The van der Waals surface area contributed by atoms with Crippen LogP contribution in [-0.4, -0.2) is 21.5 Å². The van der Waals surface area contributed by atoms with Gasteiger partial charge in [0.2, 0.25) is 0 Å². The van der Waals surface area contributed by atoms with E-state index in [0.29, 0.717) is 11.6 Å². The van der Waals surface area contributed by atoms with Crippen molar-refractivity contribution in [2.24, 2.45) is 5.92 Å². The molecule has 2 rings (SSSR count). The van der Waals surface area contributed by atoms with Crippen molar-refractivity contribution in [3.8, 4) is 0 Å². The van der Waals surface area contributed by atoms with Crippen LogP contribution in [-0.2, 0) is 12.0 Å². The fourth-order valence-corrected chi connectivity index (χ4v) is 1.99. The van der Waals surface area contributed by atoms with Crippen LogP contribution in [0.25, 0.3) is 0 Å². The fraction of sp³-hybridized carbons (Fsp3) is 0.700. The second kappa shape index (κ2) is 3.20. The maximum Gasteiger partial charge on any atom is 0.188 e. The minimum atomic E-state index is -0.421. The van der Waals surface area contributed by atoms with Crippen LogP contribution in [0.3, 0.4) is 0 Å². The fourth-order valence-electron chi connectivity index (χ4n) is 1.99. The van der Waals surface area contributed by atoms with Crippen molar-refractivity contribution in [2.75, 3.05) is 12.3 Å². The quantitative estimate of drug-likeness (QED) is 0.784. The van der Waals surface area contributed by atoms with Gasteiger partial charge in [0.15, 0.2) is 11.6 Å². The highest BCUT2D eigenvalue weighted by Gasteiger charge is 2.52. The van der Waals surface area contributed by atoms with Gasteiger partial charge in [0, 0.05) is 5.41 Å². The number of nitrogens with zero attached hydrogens (tertiary/aromatic N) is 2. The molecule has 15 heavy (non-hydrogen) atoms. The van der Waals surface area contributed by atoms with E-state index in [4.69, 9.17) is 10.8 Å². The van der Waals surface area contributed by atoms with E-state index >= 15 is 0 Å². The minimum absolute atomic E-state index is 0.0272. The molecule has 0 spiro atoms. The summed E-state index contributed by atoms with van der Waals surface area (Å²) in [6.45, 7) is 4.22. The van der Waals surface area contributed by atoms with Crippen LogP contribution in [0, 0.1) is 11.7 Å². The summed E-state index contributed by atoms with van der Waals surface area (Å²) in [5, 5.41) is 12.9. The van der Waals surface area contributed by atoms with Crippen molar-refractivity contribution < 1.29 is 9.50 Å². The van der Waals surface area contributed by atoms with Crippen molar-refractivity contribution in [1.29, 1.82) is 0 Å². The Bertz CT molecular complexity index is 390. The predicted molar refractivity (Wildman–Crippen MR) is 54.8 cm³/mol. The number of aliphatic hydroxyl groups is 1. The highest BCUT2D eigenvalue weighted by Crippen LogP contribution is 2.54. The molecule has 0 radical (unpaired) electrons. The third-order valence-electron chi connectivity index (χ3n) is 3.44. The van der Waals surface area contributed by atoms with Gasteiger partial charge in [-0.3, -0.25) is 0 Å². The maximum atomic E-state index is 13.8. The molecule has 0 saturated heterocycles. The lowest BCUT2D eigenvalue weighted by molar-refractivity contribution is 0.270.